The van der Waals surface area contributed by atoms with Crippen molar-refractivity contribution in [2.45, 2.75) is 17.1 Å². The van der Waals surface area contributed by atoms with Crippen LogP contribution in [-0.4, -0.2) is 5.91 Å². The van der Waals surface area contributed by atoms with Crippen molar-refractivity contribution in [1.82, 2.24) is 5.43 Å². The van der Waals surface area contributed by atoms with E-state index in [1.807, 2.05) is 55.5 Å². The Kier molecular flexibility index (Phi) is 4.65. The molecule has 2 rings (SSSR count). The lowest BCUT2D eigenvalue weighted by Gasteiger charge is -2.16. The fraction of sp³-hybridized carbons (Fsp3) is 0.133. The maximum absolute atomic E-state index is 12.0. The fourth-order valence-corrected chi connectivity index (χ4v) is 3.02. The van der Waals surface area contributed by atoms with Crippen molar-refractivity contribution in [1.29, 1.82) is 0 Å². The zero-order valence-electron chi connectivity index (χ0n) is 11.2. The molecule has 1 unspecified atom stereocenters. The third-order valence-electron chi connectivity index (χ3n) is 2.93. The molecule has 0 spiro atoms. The van der Waals surface area contributed by atoms with Crippen molar-refractivity contribution in [3.63, 3.8) is 0 Å². The lowest BCUT2D eigenvalue weighted by Crippen LogP contribution is -2.33. The fourth-order valence-electron chi connectivity index (χ4n) is 1.91. The largest absolute Gasteiger partial charge is 0.399 e. The van der Waals surface area contributed by atoms with E-state index in [-0.39, 0.29) is 11.2 Å². The van der Waals surface area contributed by atoms with E-state index in [2.05, 4.69) is 5.43 Å². The molecule has 0 aliphatic rings. The van der Waals surface area contributed by atoms with Gasteiger partial charge in [0.2, 0.25) is 0 Å². The Labute approximate surface area is 122 Å². The molecule has 5 heteroatoms. The third-order valence-corrected chi connectivity index (χ3v) is 4.36. The highest BCUT2D eigenvalue weighted by Crippen LogP contribution is 2.37. The topological polar surface area (TPSA) is 81.1 Å². The molecule has 0 aliphatic heterocycles. The van der Waals surface area contributed by atoms with Crippen LogP contribution in [0.4, 0.5) is 5.69 Å². The molecule has 0 aromatic heterocycles. The molecule has 0 saturated heterocycles. The van der Waals surface area contributed by atoms with Gasteiger partial charge in [-0.15, -0.1) is 11.8 Å². The van der Waals surface area contributed by atoms with Gasteiger partial charge < -0.3 is 5.73 Å². The second kappa shape index (κ2) is 6.45. The van der Waals surface area contributed by atoms with E-state index in [1.54, 1.807) is 0 Å². The van der Waals surface area contributed by atoms with Crippen LogP contribution >= 0.6 is 11.8 Å². The molecule has 1 atom stereocenters. The number of thioether (sulfide) groups is 1. The summed E-state index contributed by atoms with van der Waals surface area (Å²) >= 11 is 1.46. The van der Waals surface area contributed by atoms with Crippen LogP contribution in [0.2, 0.25) is 0 Å². The predicted molar refractivity (Wildman–Crippen MR) is 83.0 cm³/mol. The number of nitrogens with two attached hydrogens (primary N) is 2. The number of nitrogen functional groups attached to an aromatic ring is 1. The van der Waals surface area contributed by atoms with Crippen LogP contribution in [0.1, 0.15) is 16.4 Å². The summed E-state index contributed by atoms with van der Waals surface area (Å²) in [6.45, 7) is 1.97. The van der Waals surface area contributed by atoms with E-state index in [1.165, 1.54) is 11.8 Å². The minimum Gasteiger partial charge on any atom is -0.399 e. The second-order valence-electron chi connectivity index (χ2n) is 4.44. The van der Waals surface area contributed by atoms with Crippen molar-refractivity contribution in [3.05, 3.63) is 59.7 Å². The lowest BCUT2D eigenvalue weighted by atomic mass is 10.1. The molecule has 0 heterocycles. The van der Waals surface area contributed by atoms with Gasteiger partial charge in [-0.1, -0.05) is 30.3 Å². The lowest BCUT2D eigenvalue weighted by molar-refractivity contribution is -0.120. The highest BCUT2D eigenvalue weighted by atomic mass is 32.2. The molecule has 0 aliphatic carbocycles. The van der Waals surface area contributed by atoms with E-state index < -0.39 is 0 Å². The van der Waals surface area contributed by atoms with Crippen molar-refractivity contribution in [2.75, 3.05) is 5.73 Å². The number of amides is 1. The number of benzene rings is 2. The first kappa shape index (κ1) is 14.4. The first-order valence-electron chi connectivity index (χ1n) is 6.20. The van der Waals surface area contributed by atoms with Gasteiger partial charge in [-0.25, -0.2) is 5.84 Å². The van der Waals surface area contributed by atoms with Crippen LogP contribution in [0.25, 0.3) is 0 Å². The molecule has 0 saturated carbocycles. The van der Waals surface area contributed by atoms with Gasteiger partial charge in [0.25, 0.3) is 5.91 Å². The molecule has 2 aromatic carbocycles. The van der Waals surface area contributed by atoms with E-state index in [0.717, 1.165) is 16.0 Å². The van der Waals surface area contributed by atoms with Crippen LogP contribution in [0.3, 0.4) is 0 Å². The number of carbonyl (C=O) groups excluding carboxylic acids is 1. The quantitative estimate of drug-likeness (QED) is 0.265. The molecule has 1 amide bonds. The Morgan fingerprint density at radius 1 is 1.20 bits per heavy atom. The molecule has 0 bridgehead atoms. The Morgan fingerprint density at radius 3 is 2.50 bits per heavy atom. The van der Waals surface area contributed by atoms with Crippen LogP contribution in [0.5, 0.6) is 0 Å². The number of carbonyl (C=O) groups is 1. The molecule has 4 nitrogen and oxygen atoms in total. The maximum Gasteiger partial charge on any atom is 0.251 e. The van der Waals surface area contributed by atoms with Crippen molar-refractivity contribution < 1.29 is 4.79 Å². The summed E-state index contributed by atoms with van der Waals surface area (Å²) in [5, 5.41) is -0.386. The van der Waals surface area contributed by atoms with E-state index in [9.17, 15) is 4.79 Å². The smallest absolute Gasteiger partial charge is 0.251 e. The van der Waals surface area contributed by atoms with Gasteiger partial charge >= 0.3 is 0 Å². The number of anilines is 1. The zero-order chi connectivity index (χ0) is 14.5. The summed E-state index contributed by atoms with van der Waals surface area (Å²) in [5.74, 6) is 5.07. The normalized spacial score (nSPS) is 11.9. The molecule has 0 fully saturated rings. The average Bonchev–Trinajstić information content (AvgIpc) is 2.46. The number of aryl methyl sites for hydroxylation is 1. The average molecular weight is 287 g/mol. The van der Waals surface area contributed by atoms with Crippen molar-refractivity contribution in [2.24, 2.45) is 5.84 Å². The molecule has 0 radical (unpaired) electrons. The Balaban J connectivity index is 2.31. The molecule has 104 valence electrons. The van der Waals surface area contributed by atoms with Gasteiger partial charge in [0.05, 0.1) is 0 Å². The zero-order valence-corrected chi connectivity index (χ0v) is 12.0. The van der Waals surface area contributed by atoms with Gasteiger partial charge in [0, 0.05) is 10.6 Å². The van der Waals surface area contributed by atoms with Gasteiger partial charge in [-0.2, -0.15) is 0 Å². The first-order valence-corrected chi connectivity index (χ1v) is 7.08. The standard InChI is InChI=1S/C15H17N3OS/c1-10-9-12(16)7-8-13(10)20-14(15(19)18-17)11-5-3-2-4-6-11/h2-9,14H,16-17H2,1H3,(H,18,19). The van der Waals surface area contributed by atoms with Gasteiger partial charge in [-0.05, 0) is 36.2 Å². The van der Waals surface area contributed by atoms with E-state index >= 15 is 0 Å². The molecular formula is C15H17N3OS. The van der Waals surface area contributed by atoms with Crippen LogP contribution < -0.4 is 17.0 Å². The molecule has 5 N–H and O–H groups in total. The van der Waals surface area contributed by atoms with Crippen LogP contribution in [0.15, 0.2) is 53.4 Å². The van der Waals surface area contributed by atoms with Gasteiger partial charge in [0.15, 0.2) is 0 Å². The number of nitrogens with one attached hydrogen (secondary N) is 1. The van der Waals surface area contributed by atoms with E-state index in [0.29, 0.717) is 5.69 Å². The van der Waals surface area contributed by atoms with Gasteiger partial charge in [0.1, 0.15) is 5.25 Å². The predicted octanol–water partition coefficient (Wildman–Crippen LogP) is 2.40. The number of hydrogen-bond acceptors (Lipinski definition) is 4. The number of hydrazine groups is 1. The summed E-state index contributed by atoms with van der Waals surface area (Å²) in [7, 11) is 0. The monoisotopic (exact) mass is 287 g/mol. The van der Waals surface area contributed by atoms with Gasteiger partial charge in [-0.3, -0.25) is 10.2 Å². The first-order chi connectivity index (χ1) is 9.61. The Morgan fingerprint density at radius 2 is 1.90 bits per heavy atom. The minimum atomic E-state index is -0.386. The number of hydrogen-bond donors (Lipinski definition) is 3. The molecule has 20 heavy (non-hydrogen) atoms. The Hall–Kier alpha value is -1.98. The highest BCUT2D eigenvalue weighted by molar-refractivity contribution is 8.00. The van der Waals surface area contributed by atoms with Crippen molar-refractivity contribution >= 4 is 23.4 Å². The number of rotatable bonds is 4. The summed E-state index contributed by atoms with van der Waals surface area (Å²) < 4.78 is 0. The molecular weight excluding hydrogens is 270 g/mol. The summed E-state index contributed by atoms with van der Waals surface area (Å²) in [6, 6.07) is 15.2. The van der Waals surface area contributed by atoms with Crippen LogP contribution in [-0.2, 0) is 4.79 Å². The summed E-state index contributed by atoms with van der Waals surface area (Å²) in [6.07, 6.45) is 0. The van der Waals surface area contributed by atoms with E-state index in [4.69, 9.17) is 11.6 Å². The second-order valence-corrected chi connectivity index (χ2v) is 5.59. The summed E-state index contributed by atoms with van der Waals surface area (Å²) in [5.41, 5.74) is 10.6. The maximum atomic E-state index is 12.0. The Bertz CT molecular complexity index is 601. The van der Waals surface area contributed by atoms with Crippen molar-refractivity contribution in [3.8, 4) is 0 Å². The third kappa shape index (κ3) is 3.31. The minimum absolute atomic E-state index is 0.225. The van der Waals surface area contributed by atoms with Crippen LogP contribution in [0, 0.1) is 6.92 Å². The molecule has 2 aromatic rings. The highest BCUT2D eigenvalue weighted by Gasteiger charge is 2.21. The SMILES string of the molecule is Cc1cc(N)ccc1SC(C(=O)NN)c1ccccc1. The summed E-state index contributed by atoms with van der Waals surface area (Å²) in [4.78, 5) is 13.0.